The zero-order valence-corrected chi connectivity index (χ0v) is 19.3. The first-order chi connectivity index (χ1) is 16.5. The van der Waals surface area contributed by atoms with Crippen LogP contribution < -0.4 is 15.8 Å². The third kappa shape index (κ3) is 5.28. The number of aromatic nitrogens is 3. The molecule has 0 bridgehead atoms. The maximum Gasteiger partial charge on any atom is 0.328 e. The van der Waals surface area contributed by atoms with Gasteiger partial charge in [-0.25, -0.2) is 9.78 Å². The highest BCUT2D eigenvalue weighted by atomic mass is 16.5. The van der Waals surface area contributed by atoms with Crippen molar-refractivity contribution in [1.29, 1.82) is 0 Å². The van der Waals surface area contributed by atoms with Gasteiger partial charge in [-0.05, 0) is 25.0 Å². The summed E-state index contributed by atoms with van der Waals surface area (Å²) < 4.78 is 10.2. The minimum absolute atomic E-state index is 0.0455. The number of aryl methyl sites for hydroxylation is 1. The minimum Gasteiger partial charge on any atom is -0.467 e. The van der Waals surface area contributed by atoms with Crippen LogP contribution in [0.15, 0.2) is 35.3 Å². The number of nitrogens with one attached hydrogen (secondary N) is 3. The van der Waals surface area contributed by atoms with Crippen LogP contribution in [0.2, 0.25) is 0 Å². The van der Waals surface area contributed by atoms with Crippen LogP contribution in [0.25, 0.3) is 10.9 Å². The van der Waals surface area contributed by atoms with E-state index in [0.717, 1.165) is 16.5 Å². The molecule has 4 rings (SSSR count). The number of ether oxygens (including phenoxy) is 2. The summed E-state index contributed by atoms with van der Waals surface area (Å²) in [6, 6.07) is 6.92. The quantitative estimate of drug-likeness (QED) is 0.425. The number of carbonyl (C=O) groups excluding carboxylic acids is 2. The maximum absolute atomic E-state index is 12.7. The van der Waals surface area contributed by atoms with E-state index >= 15 is 0 Å². The molecule has 180 valence electrons. The second-order valence-corrected chi connectivity index (χ2v) is 8.26. The summed E-state index contributed by atoms with van der Waals surface area (Å²) in [5.74, 6) is -0.348. The van der Waals surface area contributed by atoms with Gasteiger partial charge in [-0.3, -0.25) is 14.6 Å². The Morgan fingerprint density at radius 1 is 1.26 bits per heavy atom. The Morgan fingerprint density at radius 2 is 2.03 bits per heavy atom. The number of nitrogens with zero attached hydrogens (tertiary/aromatic N) is 2. The van der Waals surface area contributed by atoms with E-state index in [2.05, 4.69) is 20.3 Å². The molecule has 1 fully saturated rings. The summed E-state index contributed by atoms with van der Waals surface area (Å²) in [7, 11) is 1.29. The zero-order valence-electron chi connectivity index (χ0n) is 19.3. The number of hydrogen-bond acceptors (Lipinski definition) is 7. The van der Waals surface area contributed by atoms with Gasteiger partial charge in [-0.2, -0.15) is 0 Å². The molecule has 0 saturated carbocycles. The number of aromatic amines is 2. The second kappa shape index (κ2) is 10.5. The molecule has 0 spiro atoms. The van der Waals surface area contributed by atoms with Gasteiger partial charge in [0.1, 0.15) is 6.04 Å². The maximum atomic E-state index is 12.7. The molecule has 1 amide bonds. The molecule has 0 unspecified atom stereocenters. The second-order valence-electron chi connectivity index (χ2n) is 8.26. The summed E-state index contributed by atoms with van der Waals surface area (Å²) in [6.07, 6.45) is 2.38. The van der Waals surface area contributed by atoms with Gasteiger partial charge < -0.3 is 24.7 Å². The van der Waals surface area contributed by atoms with Crippen LogP contribution in [0.1, 0.15) is 23.2 Å². The Morgan fingerprint density at radius 3 is 2.76 bits per heavy atom. The molecule has 3 aromatic rings. The van der Waals surface area contributed by atoms with Gasteiger partial charge in [0.05, 0.1) is 20.3 Å². The Kier molecular flexibility index (Phi) is 7.27. The number of amides is 1. The van der Waals surface area contributed by atoms with E-state index in [-0.39, 0.29) is 30.7 Å². The summed E-state index contributed by atoms with van der Waals surface area (Å²) in [6.45, 7) is 4.26. The van der Waals surface area contributed by atoms with Gasteiger partial charge in [0.15, 0.2) is 0 Å². The van der Waals surface area contributed by atoms with Crippen molar-refractivity contribution in [1.82, 2.24) is 20.3 Å². The number of para-hydroxylation sites is 1. The molecule has 1 aliphatic heterocycles. The molecule has 3 N–H and O–H groups in total. The zero-order chi connectivity index (χ0) is 24.1. The highest BCUT2D eigenvalue weighted by Gasteiger charge is 2.24. The first-order valence-electron chi connectivity index (χ1n) is 11.3. The minimum atomic E-state index is -0.835. The molecular weight excluding hydrogens is 438 g/mol. The van der Waals surface area contributed by atoms with E-state index < -0.39 is 12.0 Å². The molecule has 3 heterocycles. The number of fused-ring (bicyclic) bond motifs is 1. The van der Waals surface area contributed by atoms with E-state index in [4.69, 9.17) is 9.47 Å². The van der Waals surface area contributed by atoms with Crippen molar-refractivity contribution in [3.8, 4) is 0 Å². The van der Waals surface area contributed by atoms with Crippen LogP contribution in [0.4, 0.5) is 5.95 Å². The highest BCUT2D eigenvalue weighted by molar-refractivity contribution is 5.87. The molecule has 10 heteroatoms. The summed E-state index contributed by atoms with van der Waals surface area (Å²) in [5, 5.41) is 3.75. The number of benzene rings is 1. The monoisotopic (exact) mass is 467 g/mol. The fourth-order valence-corrected chi connectivity index (χ4v) is 4.18. The van der Waals surface area contributed by atoms with Gasteiger partial charge in [0, 0.05) is 54.3 Å². The molecule has 1 atom stereocenters. The molecule has 1 aromatic carbocycles. The van der Waals surface area contributed by atoms with Gasteiger partial charge in [-0.15, -0.1) is 0 Å². The first kappa shape index (κ1) is 23.5. The lowest BCUT2D eigenvalue weighted by Gasteiger charge is -2.27. The Hall–Kier alpha value is -3.66. The van der Waals surface area contributed by atoms with Gasteiger partial charge in [-0.1, -0.05) is 18.2 Å². The van der Waals surface area contributed by atoms with Gasteiger partial charge in [0.25, 0.3) is 5.56 Å². The largest absolute Gasteiger partial charge is 0.467 e. The number of carbonyl (C=O) groups is 2. The van der Waals surface area contributed by atoms with Crippen LogP contribution in [-0.4, -0.2) is 66.3 Å². The predicted molar refractivity (Wildman–Crippen MR) is 127 cm³/mol. The predicted octanol–water partition coefficient (Wildman–Crippen LogP) is 1.23. The van der Waals surface area contributed by atoms with E-state index in [9.17, 15) is 14.4 Å². The Labute approximate surface area is 196 Å². The standard InChI is InChI=1S/C24H29N5O5/c1-15-17(22(31)28-24(26-15)29-9-11-34-12-10-29)7-8-21(30)27-20(23(32)33-2)13-16-14-25-19-6-4-3-5-18(16)19/h3-6,14,20,25H,7-13H2,1-2H3,(H,27,30)(H,26,28,31)/t20-/m1/s1. The average Bonchev–Trinajstić information content (AvgIpc) is 3.26. The summed E-state index contributed by atoms with van der Waals surface area (Å²) in [4.78, 5) is 50.2. The number of morpholine rings is 1. The molecule has 2 aromatic heterocycles. The summed E-state index contributed by atoms with van der Waals surface area (Å²) >= 11 is 0. The van der Waals surface area contributed by atoms with Crippen LogP contribution in [0.3, 0.4) is 0 Å². The number of methoxy groups -OCH3 is 1. The highest BCUT2D eigenvalue weighted by Crippen LogP contribution is 2.19. The lowest BCUT2D eigenvalue weighted by atomic mass is 10.0. The number of H-pyrrole nitrogens is 2. The van der Waals surface area contributed by atoms with Crippen molar-refractivity contribution in [3.05, 3.63) is 57.6 Å². The van der Waals surface area contributed by atoms with E-state index in [0.29, 0.717) is 43.5 Å². The van der Waals surface area contributed by atoms with Crippen LogP contribution in [-0.2, 0) is 31.9 Å². The van der Waals surface area contributed by atoms with Gasteiger partial charge >= 0.3 is 5.97 Å². The topological polar surface area (TPSA) is 129 Å². The molecular formula is C24H29N5O5. The number of anilines is 1. The van der Waals surface area contributed by atoms with Crippen molar-refractivity contribution in [2.45, 2.75) is 32.2 Å². The fraction of sp³-hybridized carbons (Fsp3) is 0.417. The molecule has 10 nitrogen and oxygen atoms in total. The van der Waals surface area contributed by atoms with E-state index in [1.165, 1.54) is 7.11 Å². The lowest BCUT2D eigenvalue weighted by molar-refractivity contribution is -0.145. The van der Waals surface area contributed by atoms with Crippen molar-refractivity contribution in [2.75, 3.05) is 38.3 Å². The normalized spacial score (nSPS) is 14.7. The van der Waals surface area contributed by atoms with Crippen LogP contribution in [0.5, 0.6) is 0 Å². The lowest BCUT2D eigenvalue weighted by Crippen LogP contribution is -2.43. The SMILES string of the molecule is COC(=O)[C@@H](Cc1c[nH]c2ccccc12)NC(=O)CCc1c(C)nc(N2CCOCC2)[nH]c1=O. The molecule has 1 aliphatic rings. The first-order valence-corrected chi connectivity index (χ1v) is 11.3. The van der Waals surface area contributed by atoms with Crippen molar-refractivity contribution >= 4 is 28.7 Å². The van der Waals surface area contributed by atoms with E-state index in [1.54, 1.807) is 6.92 Å². The summed E-state index contributed by atoms with van der Waals surface area (Å²) in [5.41, 5.74) is 2.64. The average molecular weight is 468 g/mol. The number of esters is 1. The van der Waals surface area contributed by atoms with Crippen molar-refractivity contribution < 1.29 is 19.1 Å². The third-order valence-corrected chi connectivity index (χ3v) is 6.04. The number of hydrogen-bond donors (Lipinski definition) is 3. The smallest absolute Gasteiger partial charge is 0.328 e. The van der Waals surface area contributed by atoms with Crippen LogP contribution >= 0.6 is 0 Å². The van der Waals surface area contributed by atoms with Crippen molar-refractivity contribution in [2.24, 2.45) is 0 Å². The third-order valence-electron chi connectivity index (χ3n) is 6.04. The van der Waals surface area contributed by atoms with Gasteiger partial charge in [0.2, 0.25) is 11.9 Å². The van der Waals surface area contributed by atoms with E-state index in [1.807, 2.05) is 35.4 Å². The molecule has 0 aliphatic carbocycles. The molecule has 34 heavy (non-hydrogen) atoms. The van der Waals surface area contributed by atoms with Crippen molar-refractivity contribution in [3.63, 3.8) is 0 Å². The molecule has 0 radical (unpaired) electrons. The Bertz CT molecular complexity index is 1230. The molecule has 1 saturated heterocycles. The fourth-order valence-electron chi connectivity index (χ4n) is 4.18. The number of rotatable bonds is 8. The van der Waals surface area contributed by atoms with Crippen LogP contribution in [0, 0.1) is 6.92 Å². The Balaban J connectivity index is 1.41.